The lowest BCUT2D eigenvalue weighted by Gasteiger charge is -2.28. The van der Waals surface area contributed by atoms with Crippen LogP contribution in [-0.4, -0.2) is 54.1 Å². The number of carbonyl (C=O) groups excluding carboxylic acids is 2. The molecule has 1 unspecified atom stereocenters. The van der Waals surface area contributed by atoms with Gasteiger partial charge in [-0.3, -0.25) is 4.79 Å². The molecule has 0 aliphatic carbocycles. The number of hydrogen-bond acceptors (Lipinski definition) is 6. The number of alkyl carbamates (subject to hydrolysis) is 1. The maximum atomic E-state index is 11.8. The number of hydrogen-bond donors (Lipinski definition) is 1. The van der Waals surface area contributed by atoms with Crippen molar-refractivity contribution >= 4 is 12.1 Å². The summed E-state index contributed by atoms with van der Waals surface area (Å²) in [5.74, 6) is -0.438. The van der Waals surface area contributed by atoms with E-state index in [2.05, 4.69) is 10.3 Å². The molecule has 8 nitrogen and oxygen atoms in total. The summed E-state index contributed by atoms with van der Waals surface area (Å²) in [6, 6.07) is 0. The molecule has 0 bridgehead atoms. The molecular formula is C16H29N3O5. The zero-order valence-corrected chi connectivity index (χ0v) is 15.2. The van der Waals surface area contributed by atoms with Gasteiger partial charge in [-0.15, -0.1) is 0 Å². The van der Waals surface area contributed by atoms with E-state index in [0.29, 0.717) is 6.54 Å². The van der Waals surface area contributed by atoms with E-state index in [1.807, 2.05) is 24.6 Å². The van der Waals surface area contributed by atoms with Gasteiger partial charge in [0, 0.05) is 39.5 Å². The number of nitrogens with zero attached hydrogens (tertiary/aromatic N) is 2. The van der Waals surface area contributed by atoms with Crippen molar-refractivity contribution < 1.29 is 23.8 Å². The smallest absolute Gasteiger partial charge is 0.407 e. The lowest BCUT2D eigenvalue weighted by Crippen LogP contribution is -2.44. The van der Waals surface area contributed by atoms with Crippen LogP contribution < -0.4 is 5.32 Å². The zero-order valence-electron chi connectivity index (χ0n) is 15.2. The lowest BCUT2D eigenvalue weighted by atomic mass is 10.1. The number of methoxy groups -OCH3 is 1. The van der Waals surface area contributed by atoms with E-state index < -0.39 is 17.7 Å². The van der Waals surface area contributed by atoms with Crippen LogP contribution in [-0.2, 0) is 25.5 Å². The van der Waals surface area contributed by atoms with Crippen LogP contribution in [0.3, 0.4) is 0 Å². The second kappa shape index (κ2) is 12.3. The van der Waals surface area contributed by atoms with Gasteiger partial charge >= 0.3 is 12.1 Å². The largest absolute Gasteiger partial charge is 0.462 e. The SMILES string of the molecule is CC.COCC(C)(COC(C)=O)OC(=O)NCCCn1ccnc1. The number of amides is 1. The van der Waals surface area contributed by atoms with E-state index in [4.69, 9.17) is 14.2 Å². The fourth-order valence-corrected chi connectivity index (χ4v) is 1.79. The predicted molar refractivity (Wildman–Crippen MR) is 89.6 cm³/mol. The van der Waals surface area contributed by atoms with Crippen molar-refractivity contribution in [3.8, 4) is 0 Å². The summed E-state index contributed by atoms with van der Waals surface area (Å²) in [6.07, 6.45) is 5.45. The number of imidazole rings is 1. The molecule has 138 valence electrons. The molecule has 1 amide bonds. The number of rotatable bonds is 9. The molecule has 0 aliphatic rings. The number of aromatic nitrogens is 2. The second-order valence-corrected chi connectivity index (χ2v) is 5.13. The number of aryl methyl sites for hydroxylation is 1. The van der Waals surface area contributed by atoms with Crippen LogP contribution in [0.5, 0.6) is 0 Å². The standard InChI is InChI=1S/C14H23N3O5.C2H6/c1-12(18)21-10-14(2,9-20-3)22-13(19)16-5-4-7-17-8-6-15-11-17;1-2/h6,8,11H,4-5,7,9-10H2,1-3H3,(H,16,19);1-2H3. The van der Waals surface area contributed by atoms with Gasteiger partial charge in [0.2, 0.25) is 0 Å². The first-order valence-corrected chi connectivity index (χ1v) is 8.00. The highest BCUT2D eigenvalue weighted by atomic mass is 16.6. The zero-order chi connectivity index (χ0) is 18.4. The van der Waals surface area contributed by atoms with Crippen molar-refractivity contribution in [1.29, 1.82) is 0 Å². The Hall–Kier alpha value is -2.09. The van der Waals surface area contributed by atoms with Crippen LogP contribution >= 0.6 is 0 Å². The Kier molecular flexibility index (Phi) is 11.3. The van der Waals surface area contributed by atoms with Crippen molar-refractivity contribution in [2.24, 2.45) is 0 Å². The van der Waals surface area contributed by atoms with Gasteiger partial charge in [-0.05, 0) is 13.3 Å². The third-order valence-corrected chi connectivity index (χ3v) is 2.79. The highest BCUT2D eigenvalue weighted by molar-refractivity contribution is 5.68. The van der Waals surface area contributed by atoms with Gasteiger partial charge in [0.25, 0.3) is 0 Å². The summed E-state index contributed by atoms with van der Waals surface area (Å²) in [7, 11) is 1.48. The molecule has 0 radical (unpaired) electrons. The van der Waals surface area contributed by atoms with E-state index in [-0.39, 0.29) is 13.2 Å². The van der Waals surface area contributed by atoms with Crippen molar-refractivity contribution in [3.05, 3.63) is 18.7 Å². The molecule has 1 heterocycles. The maximum Gasteiger partial charge on any atom is 0.407 e. The van der Waals surface area contributed by atoms with Crippen molar-refractivity contribution in [3.63, 3.8) is 0 Å². The minimum Gasteiger partial charge on any atom is -0.462 e. The molecule has 0 aliphatic heterocycles. The van der Waals surface area contributed by atoms with Crippen molar-refractivity contribution in [2.45, 2.75) is 46.3 Å². The Morgan fingerprint density at radius 1 is 1.29 bits per heavy atom. The number of esters is 1. The summed E-state index contributed by atoms with van der Waals surface area (Å²) >= 11 is 0. The first-order valence-electron chi connectivity index (χ1n) is 8.00. The first-order chi connectivity index (χ1) is 11.4. The van der Waals surface area contributed by atoms with Gasteiger partial charge in [0.1, 0.15) is 6.61 Å². The van der Waals surface area contributed by atoms with Gasteiger partial charge in [-0.1, -0.05) is 13.8 Å². The minimum atomic E-state index is -1.02. The van der Waals surface area contributed by atoms with Crippen molar-refractivity contribution in [1.82, 2.24) is 14.9 Å². The third-order valence-electron chi connectivity index (χ3n) is 2.79. The van der Waals surface area contributed by atoms with Crippen LogP contribution in [0.4, 0.5) is 4.79 Å². The fourth-order valence-electron chi connectivity index (χ4n) is 1.79. The van der Waals surface area contributed by atoms with Crippen LogP contribution in [0, 0.1) is 0 Å². The molecule has 1 aromatic heterocycles. The molecule has 1 aromatic rings. The normalized spacial score (nSPS) is 12.4. The van der Waals surface area contributed by atoms with Gasteiger partial charge in [-0.2, -0.15) is 0 Å². The van der Waals surface area contributed by atoms with Gasteiger partial charge in [0.15, 0.2) is 5.60 Å². The summed E-state index contributed by atoms with van der Waals surface area (Å²) in [6.45, 7) is 8.23. The molecule has 0 saturated heterocycles. The molecular weight excluding hydrogens is 314 g/mol. The van der Waals surface area contributed by atoms with E-state index >= 15 is 0 Å². The molecule has 1 N–H and O–H groups in total. The molecule has 0 aromatic carbocycles. The fraction of sp³-hybridized carbons (Fsp3) is 0.688. The van der Waals surface area contributed by atoms with E-state index in [1.165, 1.54) is 14.0 Å². The maximum absolute atomic E-state index is 11.8. The van der Waals surface area contributed by atoms with E-state index in [9.17, 15) is 9.59 Å². The summed E-state index contributed by atoms with van der Waals surface area (Å²) in [5, 5.41) is 2.66. The number of nitrogens with one attached hydrogen (secondary N) is 1. The quantitative estimate of drug-likeness (QED) is 0.544. The van der Waals surface area contributed by atoms with Gasteiger partial charge in [-0.25, -0.2) is 9.78 Å². The average Bonchev–Trinajstić information content (AvgIpc) is 3.05. The highest BCUT2D eigenvalue weighted by Gasteiger charge is 2.30. The van der Waals surface area contributed by atoms with Crippen LogP contribution in [0.2, 0.25) is 0 Å². The Labute approximate surface area is 143 Å². The Morgan fingerprint density at radius 3 is 2.54 bits per heavy atom. The molecule has 0 fully saturated rings. The van der Waals surface area contributed by atoms with Gasteiger partial charge < -0.3 is 24.1 Å². The lowest BCUT2D eigenvalue weighted by molar-refractivity contribution is -0.151. The third kappa shape index (κ3) is 9.83. The molecule has 0 spiro atoms. The summed E-state index contributed by atoms with van der Waals surface area (Å²) < 4.78 is 17.1. The second-order valence-electron chi connectivity index (χ2n) is 5.13. The number of ether oxygens (including phenoxy) is 3. The predicted octanol–water partition coefficient (Wildman–Crippen LogP) is 1.99. The Morgan fingerprint density at radius 2 is 2.00 bits per heavy atom. The van der Waals surface area contributed by atoms with Crippen LogP contribution in [0.15, 0.2) is 18.7 Å². The van der Waals surface area contributed by atoms with Crippen LogP contribution in [0.1, 0.15) is 34.1 Å². The Bertz CT molecular complexity index is 464. The molecule has 0 saturated carbocycles. The van der Waals surface area contributed by atoms with Crippen molar-refractivity contribution in [2.75, 3.05) is 26.9 Å². The molecule has 1 rings (SSSR count). The highest BCUT2D eigenvalue weighted by Crippen LogP contribution is 2.12. The average molecular weight is 343 g/mol. The topological polar surface area (TPSA) is 91.7 Å². The molecule has 8 heteroatoms. The monoisotopic (exact) mass is 343 g/mol. The molecule has 24 heavy (non-hydrogen) atoms. The summed E-state index contributed by atoms with van der Waals surface area (Å²) in [5.41, 5.74) is -1.02. The minimum absolute atomic E-state index is 0.0569. The van der Waals surface area contributed by atoms with E-state index in [1.54, 1.807) is 19.4 Å². The van der Waals surface area contributed by atoms with Gasteiger partial charge in [0.05, 0.1) is 12.9 Å². The summed E-state index contributed by atoms with van der Waals surface area (Å²) in [4.78, 5) is 26.6. The number of carbonyl (C=O) groups is 2. The first kappa shape index (κ1) is 21.9. The van der Waals surface area contributed by atoms with E-state index in [0.717, 1.165) is 13.0 Å². The van der Waals surface area contributed by atoms with Crippen LogP contribution in [0.25, 0.3) is 0 Å². The molecule has 1 atom stereocenters. The Balaban J connectivity index is 0.00000254.